The molecule has 1 aliphatic heterocycles. The van der Waals surface area contributed by atoms with Crippen LogP contribution in [0.1, 0.15) is 31.7 Å². The van der Waals surface area contributed by atoms with Gasteiger partial charge in [0.25, 0.3) is 0 Å². The number of aryl methyl sites for hydroxylation is 1. The number of benzene rings is 1. The Hall–Kier alpha value is -1.91. The molecule has 0 radical (unpaired) electrons. The number of sulfonamides is 1. The number of nitrogens with one attached hydrogen (secondary N) is 1. The van der Waals surface area contributed by atoms with Crippen LogP contribution in [0.2, 0.25) is 0 Å². The lowest BCUT2D eigenvalue weighted by Gasteiger charge is -2.31. The highest BCUT2D eigenvalue weighted by molar-refractivity contribution is 7.89. The molecule has 1 N–H and O–H groups in total. The molecule has 6 nitrogen and oxygen atoms in total. The topological polar surface area (TPSA) is 90.3 Å². The van der Waals surface area contributed by atoms with Crippen molar-refractivity contribution in [1.29, 1.82) is 5.26 Å². The first kappa shape index (κ1) is 17.4. The van der Waals surface area contributed by atoms with Gasteiger partial charge in [-0.1, -0.05) is 19.1 Å². The third-order valence-corrected chi connectivity index (χ3v) is 5.58. The molecular weight excluding hydrogens is 314 g/mol. The molecule has 0 saturated carbocycles. The standard InChI is InChI=1S/C16H21N3O3S/c1-2-13-3-5-15(6-4-13)23(21,22)18-14-8-11-19(12-9-14)16(20)7-10-17/h3-6,14,18H,2,7-9,11-12H2,1H3. The molecule has 1 heterocycles. The molecule has 0 spiro atoms. The van der Waals surface area contributed by atoms with Crippen molar-refractivity contribution in [3.8, 4) is 6.07 Å². The van der Waals surface area contributed by atoms with Crippen molar-refractivity contribution >= 4 is 15.9 Å². The number of hydrogen-bond acceptors (Lipinski definition) is 4. The second kappa shape index (κ2) is 7.57. The maximum Gasteiger partial charge on any atom is 0.240 e. The summed E-state index contributed by atoms with van der Waals surface area (Å²) in [5, 5.41) is 8.55. The molecule has 2 rings (SSSR count). The van der Waals surface area contributed by atoms with Crippen LogP contribution in [0.5, 0.6) is 0 Å². The summed E-state index contributed by atoms with van der Waals surface area (Å²) in [5.74, 6) is -0.191. The molecule has 0 aromatic heterocycles. The van der Waals surface area contributed by atoms with E-state index in [-0.39, 0.29) is 23.3 Å². The normalized spacial score (nSPS) is 16.1. The van der Waals surface area contributed by atoms with Gasteiger partial charge in [-0.15, -0.1) is 0 Å². The van der Waals surface area contributed by atoms with Gasteiger partial charge in [0.15, 0.2) is 0 Å². The van der Waals surface area contributed by atoms with E-state index in [1.165, 1.54) is 0 Å². The van der Waals surface area contributed by atoms with Gasteiger partial charge in [-0.3, -0.25) is 4.79 Å². The SMILES string of the molecule is CCc1ccc(S(=O)(=O)NC2CCN(C(=O)CC#N)CC2)cc1. The van der Waals surface area contributed by atoms with E-state index in [1.807, 2.05) is 25.1 Å². The smallest absolute Gasteiger partial charge is 0.240 e. The Kier molecular flexibility index (Phi) is 5.74. The Bertz CT molecular complexity index is 684. The van der Waals surface area contributed by atoms with Crippen molar-refractivity contribution in [1.82, 2.24) is 9.62 Å². The number of carbonyl (C=O) groups excluding carboxylic acids is 1. The number of nitriles is 1. The zero-order valence-corrected chi connectivity index (χ0v) is 14.0. The average Bonchev–Trinajstić information content (AvgIpc) is 2.55. The van der Waals surface area contributed by atoms with E-state index in [0.717, 1.165) is 12.0 Å². The van der Waals surface area contributed by atoms with Crippen molar-refractivity contribution in [2.75, 3.05) is 13.1 Å². The Labute approximate surface area is 137 Å². The fourth-order valence-electron chi connectivity index (χ4n) is 2.62. The maximum absolute atomic E-state index is 12.4. The van der Waals surface area contributed by atoms with Gasteiger partial charge in [0.05, 0.1) is 11.0 Å². The van der Waals surface area contributed by atoms with Gasteiger partial charge in [0, 0.05) is 19.1 Å². The lowest BCUT2D eigenvalue weighted by atomic mass is 10.1. The first-order chi connectivity index (χ1) is 11.0. The predicted molar refractivity (Wildman–Crippen MR) is 86.0 cm³/mol. The molecule has 1 fully saturated rings. The maximum atomic E-state index is 12.4. The van der Waals surface area contributed by atoms with Gasteiger partial charge in [-0.2, -0.15) is 5.26 Å². The Balaban J connectivity index is 1.94. The lowest BCUT2D eigenvalue weighted by molar-refractivity contribution is -0.131. The van der Waals surface area contributed by atoms with E-state index in [2.05, 4.69) is 4.72 Å². The molecule has 7 heteroatoms. The van der Waals surface area contributed by atoms with E-state index in [0.29, 0.717) is 25.9 Å². The summed E-state index contributed by atoms with van der Waals surface area (Å²) in [5.41, 5.74) is 1.09. The molecule has 0 aliphatic carbocycles. The summed E-state index contributed by atoms with van der Waals surface area (Å²) in [4.78, 5) is 13.5. The monoisotopic (exact) mass is 335 g/mol. The summed E-state index contributed by atoms with van der Waals surface area (Å²) < 4.78 is 27.5. The summed E-state index contributed by atoms with van der Waals surface area (Å²) in [6.45, 7) is 2.97. The Morgan fingerprint density at radius 1 is 1.30 bits per heavy atom. The van der Waals surface area contributed by atoms with Crippen LogP contribution in [0.15, 0.2) is 29.2 Å². The molecule has 1 aromatic rings. The average molecular weight is 335 g/mol. The highest BCUT2D eigenvalue weighted by Gasteiger charge is 2.26. The van der Waals surface area contributed by atoms with Crippen molar-refractivity contribution in [2.24, 2.45) is 0 Å². The zero-order valence-electron chi connectivity index (χ0n) is 13.2. The number of amides is 1. The molecule has 0 unspecified atom stereocenters. The lowest BCUT2D eigenvalue weighted by Crippen LogP contribution is -2.46. The van der Waals surface area contributed by atoms with Gasteiger partial charge in [-0.25, -0.2) is 13.1 Å². The summed E-state index contributed by atoms with van der Waals surface area (Å²) >= 11 is 0. The van der Waals surface area contributed by atoms with Crippen molar-refractivity contribution in [2.45, 2.75) is 43.5 Å². The molecule has 1 aromatic carbocycles. The molecule has 1 saturated heterocycles. The van der Waals surface area contributed by atoms with Crippen LogP contribution in [0.25, 0.3) is 0 Å². The molecule has 0 bridgehead atoms. The first-order valence-electron chi connectivity index (χ1n) is 7.72. The minimum atomic E-state index is -3.54. The fraction of sp³-hybridized carbons (Fsp3) is 0.500. The zero-order chi connectivity index (χ0) is 16.9. The van der Waals surface area contributed by atoms with E-state index >= 15 is 0 Å². The highest BCUT2D eigenvalue weighted by atomic mass is 32.2. The molecular formula is C16H21N3O3S. The number of nitrogens with zero attached hydrogens (tertiary/aromatic N) is 2. The van der Waals surface area contributed by atoms with Crippen LogP contribution in [-0.2, 0) is 21.2 Å². The Morgan fingerprint density at radius 2 is 1.91 bits per heavy atom. The number of rotatable bonds is 5. The van der Waals surface area contributed by atoms with Crippen molar-refractivity contribution in [3.63, 3.8) is 0 Å². The van der Waals surface area contributed by atoms with Crippen LogP contribution in [0, 0.1) is 11.3 Å². The first-order valence-corrected chi connectivity index (χ1v) is 9.20. The van der Waals surface area contributed by atoms with E-state index < -0.39 is 10.0 Å². The van der Waals surface area contributed by atoms with E-state index in [4.69, 9.17) is 5.26 Å². The molecule has 23 heavy (non-hydrogen) atoms. The van der Waals surface area contributed by atoms with E-state index in [9.17, 15) is 13.2 Å². The van der Waals surface area contributed by atoms with Crippen LogP contribution < -0.4 is 4.72 Å². The quantitative estimate of drug-likeness (QED) is 0.881. The largest absolute Gasteiger partial charge is 0.342 e. The molecule has 124 valence electrons. The van der Waals surface area contributed by atoms with Gasteiger partial charge in [0.1, 0.15) is 6.42 Å². The van der Waals surface area contributed by atoms with Crippen LogP contribution in [-0.4, -0.2) is 38.4 Å². The van der Waals surface area contributed by atoms with E-state index in [1.54, 1.807) is 17.0 Å². The van der Waals surface area contributed by atoms with Crippen LogP contribution in [0.4, 0.5) is 0 Å². The van der Waals surface area contributed by atoms with Gasteiger partial charge < -0.3 is 4.90 Å². The second-order valence-corrected chi connectivity index (χ2v) is 7.32. The third-order valence-electron chi connectivity index (χ3n) is 4.04. The van der Waals surface area contributed by atoms with Crippen LogP contribution >= 0.6 is 0 Å². The van der Waals surface area contributed by atoms with Crippen LogP contribution in [0.3, 0.4) is 0 Å². The third kappa shape index (κ3) is 4.53. The van der Waals surface area contributed by atoms with Crippen molar-refractivity contribution in [3.05, 3.63) is 29.8 Å². The number of carbonyl (C=O) groups is 1. The summed E-state index contributed by atoms with van der Waals surface area (Å²) in [7, 11) is -3.54. The minimum Gasteiger partial charge on any atom is -0.342 e. The molecule has 1 amide bonds. The summed E-state index contributed by atoms with van der Waals surface area (Å²) in [6, 6.07) is 8.53. The van der Waals surface area contributed by atoms with Crippen molar-refractivity contribution < 1.29 is 13.2 Å². The highest BCUT2D eigenvalue weighted by Crippen LogP contribution is 2.16. The molecule has 1 aliphatic rings. The summed E-state index contributed by atoms with van der Waals surface area (Å²) in [6.07, 6.45) is 1.86. The second-order valence-electron chi connectivity index (χ2n) is 5.61. The number of piperidine rings is 1. The minimum absolute atomic E-state index is 0.125. The Morgan fingerprint density at radius 3 is 2.43 bits per heavy atom. The molecule has 0 atom stereocenters. The predicted octanol–water partition coefficient (Wildman–Crippen LogP) is 1.43. The number of likely N-dealkylation sites (tertiary alicyclic amines) is 1. The number of hydrogen-bond donors (Lipinski definition) is 1. The van der Waals surface area contributed by atoms with Gasteiger partial charge in [-0.05, 0) is 37.0 Å². The fourth-order valence-corrected chi connectivity index (χ4v) is 3.92. The van der Waals surface area contributed by atoms with Gasteiger partial charge >= 0.3 is 0 Å². The van der Waals surface area contributed by atoms with Gasteiger partial charge in [0.2, 0.25) is 15.9 Å².